The summed E-state index contributed by atoms with van der Waals surface area (Å²) in [5, 5.41) is 2.77. The first-order valence-electron chi connectivity index (χ1n) is 7.43. The van der Waals surface area contributed by atoms with Gasteiger partial charge in [-0.25, -0.2) is 0 Å². The van der Waals surface area contributed by atoms with Crippen molar-refractivity contribution in [2.75, 3.05) is 14.1 Å². The van der Waals surface area contributed by atoms with Gasteiger partial charge in [0.15, 0.2) is 0 Å². The molecule has 0 radical (unpaired) electrons. The Balaban J connectivity index is 2.10. The molecule has 4 nitrogen and oxygen atoms in total. The van der Waals surface area contributed by atoms with E-state index < -0.39 is 0 Å². The molecule has 116 valence electrons. The first kappa shape index (κ1) is 16.2. The number of amides is 1. The van der Waals surface area contributed by atoms with Gasteiger partial charge in [-0.05, 0) is 38.2 Å². The van der Waals surface area contributed by atoms with E-state index in [-0.39, 0.29) is 5.91 Å². The smallest absolute Gasteiger partial charge is 0.217 e. The van der Waals surface area contributed by atoms with Crippen molar-refractivity contribution in [1.82, 2.24) is 15.2 Å². The molecule has 1 aromatic carbocycles. The fourth-order valence-corrected chi connectivity index (χ4v) is 2.16. The lowest BCUT2D eigenvalue weighted by atomic mass is 10.0. The van der Waals surface area contributed by atoms with E-state index in [1.807, 2.05) is 18.3 Å². The summed E-state index contributed by atoms with van der Waals surface area (Å²) in [4.78, 5) is 17.6. The van der Waals surface area contributed by atoms with Crippen molar-refractivity contribution in [3.05, 3.63) is 53.7 Å². The molecule has 1 amide bonds. The maximum absolute atomic E-state index is 10.9. The van der Waals surface area contributed by atoms with E-state index in [9.17, 15) is 4.79 Å². The van der Waals surface area contributed by atoms with Crippen LogP contribution in [-0.2, 0) is 11.3 Å². The average Bonchev–Trinajstić information content (AvgIpc) is 2.53. The number of hydrogen-bond donors (Lipinski definition) is 1. The zero-order chi connectivity index (χ0) is 16.1. The number of carbonyl (C=O) groups is 1. The van der Waals surface area contributed by atoms with Crippen LogP contribution in [0.1, 0.15) is 31.0 Å². The first-order chi connectivity index (χ1) is 10.5. The second-order valence-electron chi connectivity index (χ2n) is 5.72. The molecule has 4 heteroatoms. The van der Waals surface area contributed by atoms with Gasteiger partial charge < -0.3 is 10.2 Å². The highest BCUT2D eigenvalue weighted by molar-refractivity contribution is 5.72. The third kappa shape index (κ3) is 4.15. The molecule has 2 aromatic rings. The molecule has 0 spiro atoms. The minimum Gasteiger partial charge on any atom is -0.352 e. The summed E-state index contributed by atoms with van der Waals surface area (Å²) < 4.78 is 0. The molecule has 1 N–H and O–H groups in total. The second-order valence-corrected chi connectivity index (χ2v) is 5.72. The number of nitrogens with one attached hydrogen (secondary N) is 1. The van der Waals surface area contributed by atoms with Crippen LogP contribution >= 0.6 is 0 Å². The highest BCUT2D eigenvalue weighted by atomic mass is 16.1. The lowest BCUT2D eigenvalue weighted by Crippen LogP contribution is -2.18. The predicted molar refractivity (Wildman–Crippen MR) is 89.3 cm³/mol. The molecule has 0 saturated heterocycles. The van der Waals surface area contributed by atoms with Gasteiger partial charge in [-0.15, -0.1) is 0 Å². The number of rotatable bonds is 5. The summed E-state index contributed by atoms with van der Waals surface area (Å²) in [5.74, 6) is -0.0327. The molecule has 0 aliphatic heterocycles. The van der Waals surface area contributed by atoms with Gasteiger partial charge >= 0.3 is 0 Å². The van der Waals surface area contributed by atoms with Crippen LogP contribution in [0.4, 0.5) is 0 Å². The third-order valence-electron chi connectivity index (χ3n) is 3.83. The Morgan fingerprint density at radius 1 is 1.18 bits per heavy atom. The molecular weight excluding hydrogens is 274 g/mol. The Kier molecular flexibility index (Phi) is 5.28. The number of nitrogens with zero attached hydrogens (tertiary/aromatic N) is 2. The summed E-state index contributed by atoms with van der Waals surface area (Å²) in [7, 11) is 4.15. The maximum Gasteiger partial charge on any atom is 0.217 e. The molecule has 1 heterocycles. The quantitative estimate of drug-likeness (QED) is 0.922. The van der Waals surface area contributed by atoms with E-state index in [4.69, 9.17) is 0 Å². The Morgan fingerprint density at radius 2 is 1.86 bits per heavy atom. The standard InChI is InChI=1S/C18H23N3O/c1-13(21(3)4)16-6-8-17(9-7-16)18-10-5-15(12-20-18)11-19-14(2)22/h5-10,12-13H,11H2,1-4H3,(H,19,22)/t13-/m0/s1. The number of hydrogen-bond acceptors (Lipinski definition) is 3. The van der Waals surface area contributed by atoms with E-state index in [1.54, 1.807) is 0 Å². The number of carbonyl (C=O) groups excluding carboxylic acids is 1. The van der Waals surface area contributed by atoms with E-state index in [0.717, 1.165) is 16.8 Å². The molecule has 1 aromatic heterocycles. The fourth-order valence-electron chi connectivity index (χ4n) is 2.16. The molecule has 0 aliphatic carbocycles. The van der Waals surface area contributed by atoms with E-state index >= 15 is 0 Å². The van der Waals surface area contributed by atoms with Crippen molar-refractivity contribution >= 4 is 5.91 Å². The Morgan fingerprint density at radius 3 is 2.36 bits per heavy atom. The van der Waals surface area contributed by atoms with Crippen LogP contribution in [0.2, 0.25) is 0 Å². The molecule has 0 aliphatic rings. The summed E-state index contributed by atoms with van der Waals surface area (Å²) in [6, 6.07) is 12.9. The summed E-state index contributed by atoms with van der Waals surface area (Å²) >= 11 is 0. The van der Waals surface area contributed by atoms with Crippen molar-refractivity contribution in [2.45, 2.75) is 26.4 Å². The minimum absolute atomic E-state index is 0.0327. The zero-order valence-electron chi connectivity index (χ0n) is 13.6. The van der Waals surface area contributed by atoms with Crippen molar-refractivity contribution in [2.24, 2.45) is 0 Å². The molecule has 1 atom stereocenters. The number of aromatic nitrogens is 1. The zero-order valence-corrected chi connectivity index (χ0v) is 13.6. The molecule has 22 heavy (non-hydrogen) atoms. The van der Waals surface area contributed by atoms with Gasteiger partial charge in [0.25, 0.3) is 0 Å². The summed E-state index contributed by atoms with van der Waals surface area (Å²) in [6.07, 6.45) is 1.81. The van der Waals surface area contributed by atoms with Crippen molar-refractivity contribution in [3.63, 3.8) is 0 Å². The Hall–Kier alpha value is -2.20. The number of pyridine rings is 1. The van der Waals surface area contributed by atoms with Crippen LogP contribution in [0.25, 0.3) is 11.3 Å². The Labute approximate surface area is 132 Å². The van der Waals surface area contributed by atoms with E-state index in [1.165, 1.54) is 12.5 Å². The summed E-state index contributed by atoms with van der Waals surface area (Å²) in [5.41, 5.74) is 4.32. The first-order valence-corrected chi connectivity index (χ1v) is 7.43. The SMILES string of the molecule is CC(=O)NCc1ccc(-c2ccc([C@H](C)N(C)C)cc2)nc1. The fraction of sp³-hybridized carbons (Fsp3) is 0.333. The van der Waals surface area contributed by atoms with E-state index in [0.29, 0.717) is 12.6 Å². The highest BCUT2D eigenvalue weighted by Crippen LogP contribution is 2.22. The topological polar surface area (TPSA) is 45.2 Å². The van der Waals surface area contributed by atoms with Crippen LogP contribution in [-0.4, -0.2) is 29.9 Å². The van der Waals surface area contributed by atoms with Crippen molar-refractivity contribution in [1.29, 1.82) is 0 Å². The molecule has 0 bridgehead atoms. The van der Waals surface area contributed by atoms with Gasteiger partial charge in [-0.3, -0.25) is 9.78 Å². The van der Waals surface area contributed by atoms with Crippen LogP contribution in [0.5, 0.6) is 0 Å². The van der Waals surface area contributed by atoms with Gasteiger partial charge in [0, 0.05) is 31.3 Å². The van der Waals surface area contributed by atoms with Gasteiger partial charge in [-0.2, -0.15) is 0 Å². The van der Waals surface area contributed by atoms with Crippen LogP contribution in [0.3, 0.4) is 0 Å². The van der Waals surface area contributed by atoms with Gasteiger partial charge in [0.2, 0.25) is 5.91 Å². The molecule has 0 fully saturated rings. The molecule has 0 unspecified atom stereocenters. The van der Waals surface area contributed by atoms with Crippen LogP contribution in [0.15, 0.2) is 42.6 Å². The van der Waals surface area contributed by atoms with Gasteiger partial charge in [0.1, 0.15) is 0 Å². The Bertz CT molecular complexity index is 618. The van der Waals surface area contributed by atoms with Gasteiger partial charge in [0.05, 0.1) is 5.69 Å². The minimum atomic E-state index is -0.0327. The lowest BCUT2D eigenvalue weighted by Gasteiger charge is -2.20. The monoisotopic (exact) mass is 297 g/mol. The normalized spacial score (nSPS) is 12.2. The maximum atomic E-state index is 10.9. The van der Waals surface area contributed by atoms with Crippen molar-refractivity contribution < 1.29 is 4.79 Å². The largest absolute Gasteiger partial charge is 0.352 e. The molecule has 2 rings (SSSR count). The second kappa shape index (κ2) is 7.18. The number of benzene rings is 1. The molecular formula is C18H23N3O. The van der Waals surface area contributed by atoms with Crippen LogP contribution < -0.4 is 5.32 Å². The lowest BCUT2D eigenvalue weighted by molar-refractivity contribution is -0.119. The third-order valence-corrected chi connectivity index (χ3v) is 3.83. The van der Waals surface area contributed by atoms with E-state index in [2.05, 4.69) is 60.5 Å². The average molecular weight is 297 g/mol. The molecule has 0 saturated carbocycles. The van der Waals surface area contributed by atoms with Crippen molar-refractivity contribution in [3.8, 4) is 11.3 Å². The highest BCUT2D eigenvalue weighted by Gasteiger charge is 2.08. The summed E-state index contributed by atoms with van der Waals surface area (Å²) in [6.45, 7) is 4.21. The van der Waals surface area contributed by atoms with Gasteiger partial charge in [-0.1, -0.05) is 30.3 Å². The van der Waals surface area contributed by atoms with Crippen LogP contribution in [0, 0.1) is 0 Å². The predicted octanol–water partition coefficient (Wildman–Crippen LogP) is 3.01.